The molecule has 0 saturated carbocycles. The number of rotatable bonds is 9. The summed E-state index contributed by atoms with van der Waals surface area (Å²) in [6.45, 7) is 15.6. The molecule has 0 fully saturated rings. The van der Waals surface area contributed by atoms with Gasteiger partial charge in [-0.15, -0.1) is 0 Å². The van der Waals surface area contributed by atoms with E-state index in [1.807, 2.05) is 18.2 Å². The second-order valence-corrected chi connectivity index (χ2v) is 10.2. The minimum Gasteiger partial charge on any atom is -0.462 e. The number of benzene rings is 3. The standard InChI is InChI=1S/C34H31FO6/c1-19(2)32(36)39-18-26-10-8-22-7-9-23(15-28(22)26)24-11-13-27(29(35)16-24)25-12-14-30(40-33(37)20(3)4)31(17-25)41-34(38)21(5)6/h7,9,11-17,26H,1,3,5,8,10,18H2,2,4,6H3. The van der Waals surface area contributed by atoms with Crippen LogP contribution in [0.3, 0.4) is 0 Å². The van der Waals surface area contributed by atoms with Gasteiger partial charge in [0.2, 0.25) is 0 Å². The van der Waals surface area contributed by atoms with Crippen LogP contribution in [-0.2, 0) is 25.5 Å². The largest absolute Gasteiger partial charge is 0.462 e. The van der Waals surface area contributed by atoms with E-state index in [-0.39, 0.29) is 40.7 Å². The third-order valence-electron chi connectivity index (χ3n) is 6.77. The first-order valence-corrected chi connectivity index (χ1v) is 13.1. The fourth-order valence-electron chi connectivity index (χ4n) is 4.48. The van der Waals surface area contributed by atoms with E-state index in [0.29, 0.717) is 16.7 Å². The maximum absolute atomic E-state index is 15.5. The number of carbonyl (C=O) groups is 3. The highest BCUT2D eigenvalue weighted by molar-refractivity contribution is 5.91. The molecular formula is C34H31FO6. The van der Waals surface area contributed by atoms with E-state index in [1.165, 1.54) is 37.6 Å². The first kappa shape index (κ1) is 29.2. The monoisotopic (exact) mass is 554 g/mol. The Morgan fingerprint density at radius 3 is 1.98 bits per heavy atom. The molecule has 0 heterocycles. The maximum Gasteiger partial charge on any atom is 0.338 e. The predicted molar refractivity (Wildman–Crippen MR) is 155 cm³/mol. The summed E-state index contributed by atoms with van der Waals surface area (Å²) in [4.78, 5) is 36.2. The average Bonchev–Trinajstić information content (AvgIpc) is 3.34. The minimum absolute atomic E-state index is 0.00463. The molecule has 0 radical (unpaired) electrons. The van der Waals surface area contributed by atoms with Gasteiger partial charge in [-0.25, -0.2) is 18.8 Å². The zero-order valence-electron chi connectivity index (χ0n) is 23.3. The van der Waals surface area contributed by atoms with Gasteiger partial charge in [0.05, 0.1) is 6.61 Å². The summed E-state index contributed by atoms with van der Waals surface area (Å²) in [5, 5.41) is 0. The highest BCUT2D eigenvalue weighted by Crippen LogP contribution is 2.38. The van der Waals surface area contributed by atoms with Crippen LogP contribution in [0.2, 0.25) is 0 Å². The molecule has 0 aromatic heterocycles. The van der Waals surface area contributed by atoms with Crippen molar-refractivity contribution in [3.8, 4) is 33.8 Å². The third-order valence-corrected chi connectivity index (χ3v) is 6.77. The molecule has 0 amide bonds. The van der Waals surface area contributed by atoms with Crippen molar-refractivity contribution in [2.45, 2.75) is 39.5 Å². The Hall–Kier alpha value is -4.78. The number of ether oxygens (including phenoxy) is 3. The van der Waals surface area contributed by atoms with E-state index in [0.717, 1.165) is 24.0 Å². The van der Waals surface area contributed by atoms with Gasteiger partial charge >= 0.3 is 17.9 Å². The summed E-state index contributed by atoms with van der Waals surface area (Å²) >= 11 is 0. The van der Waals surface area contributed by atoms with Gasteiger partial charge in [-0.1, -0.05) is 56.1 Å². The summed E-state index contributed by atoms with van der Waals surface area (Å²) in [6, 6.07) is 15.3. The molecule has 4 rings (SSSR count). The first-order valence-electron chi connectivity index (χ1n) is 13.1. The summed E-state index contributed by atoms with van der Waals surface area (Å²) in [7, 11) is 0. The van der Waals surface area contributed by atoms with Crippen LogP contribution in [0.1, 0.15) is 44.2 Å². The average molecular weight is 555 g/mol. The highest BCUT2D eigenvalue weighted by atomic mass is 19.1. The predicted octanol–water partition coefficient (Wildman–Crippen LogP) is 7.27. The second-order valence-electron chi connectivity index (χ2n) is 10.2. The number of aryl methyl sites for hydroxylation is 1. The number of esters is 3. The summed E-state index contributed by atoms with van der Waals surface area (Å²) in [5.74, 6) is -2.29. The van der Waals surface area contributed by atoms with E-state index >= 15 is 4.39 Å². The van der Waals surface area contributed by atoms with Gasteiger partial charge in [-0.2, -0.15) is 0 Å². The van der Waals surface area contributed by atoms with Crippen molar-refractivity contribution in [3.05, 3.63) is 108 Å². The van der Waals surface area contributed by atoms with Crippen LogP contribution in [0.25, 0.3) is 22.3 Å². The van der Waals surface area contributed by atoms with Gasteiger partial charge in [-0.05, 0) is 79.6 Å². The van der Waals surface area contributed by atoms with Crippen molar-refractivity contribution in [3.63, 3.8) is 0 Å². The van der Waals surface area contributed by atoms with Crippen molar-refractivity contribution in [2.75, 3.05) is 6.61 Å². The number of carbonyl (C=O) groups excluding carboxylic acids is 3. The molecule has 0 N–H and O–H groups in total. The van der Waals surface area contributed by atoms with E-state index < -0.39 is 23.7 Å². The first-order chi connectivity index (χ1) is 19.4. The Kier molecular flexibility index (Phi) is 8.67. The van der Waals surface area contributed by atoms with Gasteiger partial charge in [-0.3, -0.25) is 0 Å². The molecule has 41 heavy (non-hydrogen) atoms. The Morgan fingerprint density at radius 2 is 1.34 bits per heavy atom. The van der Waals surface area contributed by atoms with Crippen molar-refractivity contribution in [1.29, 1.82) is 0 Å². The number of hydrogen-bond donors (Lipinski definition) is 0. The van der Waals surface area contributed by atoms with Gasteiger partial charge in [0, 0.05) is 28.2 Å². The van der Waals surface area contributed by atoms with E-state index in [1.54, 1.807) is 25.1 Å². The van der Waals surface area contributed by atoms with Gasteiger partial charge < -0.3 is 14.2 Å². The Labute approximate surface area is 238 Å². The molecule has 1 aliphatic carbocycles. The van der Waals surface area contributed by atoms with Gasteiger partial charge in [0.1, 0.15) is 5.82 Å². The Balaban J connectivity index is 1.62. The van der Waals surface area contributed by atoms with Crippen LogP contribution in [0.15, 0.2) is 91.1 Å². The smallest absolute Gasteiger partial charge is 0.338 e. The molecule has 1 atom stereocenters. The lowest BCUT2D eigenvalue weighted by Gasteiger charge is -2.15. The molecule has 1 unspecified atom stereocenters. The molecule has 7 heteroatoms. The fraction of sp³-hybridized carbons (Fsp3) is 0.206. The normalized spacial score (nSPS) is 13.6. The summed E-state index contributed by atoms with van der Waals surface area (Å²) in [5.41, 5.74) is 5.15. The lowest BCUT2D eigenvalue weighted by molar-refractivity contribution is -0.139. The van der Waals surface area contributed by atoms with Crippen LogP contribution in [0.4, 0.5) is 4.39 Å². The van der Waals surface area contributed by atoms with Gasteiger partial charge in [0.25, 0.3) is 0 Å². The quantitative estimate of drug-likeness (QED) is 0.157. The summed E-state index contributed by atoms with van der Waals surface area (Å²) < 4.78 is 31.6. The van der Waals surface area contributed by atoms with E-state index in [9.17, 15) is 14.4 Å². The molecule has 3 aromatic carbocycles. The van der Waals surface area contributed by atoms with Crippen LogP contribution in [-0.4, -0.2) is 24.5 Å². The molecule has 0 spiro atoms. The molecule has 3 aromatic rings. The summed E-state index contributed by atoms with van der Waals surface area (Å²) in [6.07, 6.45) is 1.75. The lowest BCUT2D eigenvalue weighted by atomic mass is 9.95. The lowest BCUT2D eigenvalue weighted by Crippen LogP contribution is -2.12. The fourth-order valence-corrected chi connectivity index (χ4v) is 4.48. The zero-order chi connectivity index (χ0) is 29.8. The maximum atomic E-state index is 15.5. The van der Waals surface area contributed by atoms with Gasteiger partial charge in [0.15, 0.2) is 11.5 Å². The van der Waals surface area contributed by atoms with Crippen LogP contribution in [0.5, 0.6) is 11.5 Å². The van der Waals surface area contributed by atoms with E-state index in [2.05, 4.69) is 19.7 Å². The Morgan fingerprint density at radius 1 is 0.756 bits per heavy atom. The second kappa shape index (κ2) is 12.2. The van der Waals surface area contributed by atoms with Crippen LogP contribution in [0, 0.1) is 5.82 Å². The van der Waals surface area contributed by atoms with Crippen molar-refractivity contribution in [1.82, 2.24) is 0 Å². The van der Waals surface area contributed by atoms with Crippen molar-refractivity contribution >= 4 is 17.9 Å². The minimum atomic E-state index is -0.713. The molecule has 6 nitrogen and oxygen atoms in total. The molecule has 1 aliphatic rings. The van der Waals surface area contributed by atoms with E-state index in [4.69, 9.17) is 14.2 Å². The van der Waals surface area contributed by atoms with Crippen molar-refractivity contribution < 1.29 is 33.0 Å². The topological polar surface area (TPSA) is 78.9 Å². The van der Waals surface area contributed by atoms with Crippen LogP contribution >= 0.6 is 0 Å². The molecule has 0 saturated heterocycles. The SMILES string of the molecule is C=C(C)C(=O)OCC1CCc2ccc(-c3ccc(-c4ccc(OC(=O)C(=C)C)c(OC(=O)C(=C)C)c4)c(F)c3)cc21. The Bertz CT molecular complexity index is 1600. The third kappa shape index (κ3) is 6.69. The molecule has 210 valence electrons. The number of hydrogen-bond acceptors (Lipinski definition) is 6. The zero-order valence-corrected chi connectivity index (χ0v) is 23.3. The molecule has 0 bridgehead atoms. The van der Waals surface area contributed by atoms with Crippen molar-refractivity contribution in [2.24, 2.45) is 0 Å². The molecular weight excluding hydrogens is 523 g/mol. The number of halogens is 1. The number of fused-ring (bicyclic) bond motifs is 1. The van der Waals surface area contributed by atoms with Crippen LogP contribution < -0.4 is 9.47 Å². The molecule has 0 aliphatic heterocycles. The highest BCUT2D eigenvalue weighted by Gasteiger charge is 2.25.